The summed E-state index contributed by atoms with van der Waals surface area (Å²) in [6, 6.07) is 7.83. The van der Waals surface area contributed by atoms with Gasteiger partial charge in [-0.3, -0.25) is 4.79 Å². The third-order valence-corrected chi connectivity index (χ3v) is 4.44. The molecule has 0 saturated carbocycles. The molecule has 1 rings (SSSR count). The summed E-state index contributed by atoms with van der Waals surface area (Å²) in [5.41, 5.74) is -0.880. The van der Waals surface area contributed by atoms with Crippen molar-refractivity contribution >= 4 is 17.7 Å². The number of carboxylic acids is 1. The highest BCUT2D eigenvalue weighted by atomic mass is 32.2. The quantitative estimate of drug-likeness (QED) is 0.684. The van der Waals surface area contributed by atoms with Gasteiger partial charge in [0.15, 0.2) is 0 Å². The molecule has 118 valence electrons. The van der Waals surface area contributed by atoms with Gasteiger partial charge in [-0.25, -0.2) is 0 Å². The van der Waals surface area contributed by atoms with Gasteiger partial charge in [0.1, 0.15) is 11.3 Å². The molecule has 0 spiro atoms. The zero-order chi connectivity index (χ0) is 15.9. The van der Waals surface area contributed by atoms with Gasteiger partial charge in [0.25, 0.3) is 0 Å². The summed E-state index contributed by atoms with van der Waals surface area (Å²) in [7, 11) is 1.64. The maximum atomic E-state index is 11.5. The Kier molecular flexibility index (Phi) is 7.05. The summed E-state index contributed by atoms with van der Waals surface area (Å²) in [6.07, 6.45) is 1.49. The normalized spacial score (nSPS) is 15.2. The molecular weight excluding hydrogens is 286 g/mol. The van der Waals surface area contributed by atoms with E-state index in [1.807, 2.05) is 31.2 Å². The first-order valence-corrected chi connectivity index (χ1v) is 8.08. The SMILES string of the molecule is CCCNC(C)(CC(C)Sc1ccc(OC)cc1)C(=O)O. The first-order valence-electron chi connectivity index (χ1n) is 7.20. The van der Waals surface area contributed by atoms with E-state index in [4.69, 9.17) is 4.74 Å². The average Bonchev–Trinajstić information content (AvgIpc) is 2.45. The fourth-order valence-electron chi connectivity index (χ4n) is 2.14. The summed E-state index contributed by atoms with van der Waals surface area (Å²) in [5.74, 6) is 0.0325. The van der Waals surface area contributed by atoms with Crippen molar-refractivity contribution in [2.45, 2.75) is 49.3 Å². The first kappa shape index (κ1) is 17.9. The van der Waals surface area contributed by atoms with Crippen molar-refractivity contribution in [3.8, 4) is 5.75 Å². The molecule has 21 heavy (non-hydrogen) atoms. The lowest BCUT2D eigenvalue weighted by Crippen LogP contribution is -2.51. The van der Waals surface area contributed by atoms with Crippen molar-refractivity contribution < 1.29 is 14.6 Å². The number of carboxylic acid groups (broad SMARTS) is 1. The largest absolute Gasteiger partial charge is 0.497 e. The molecule has 0 radical (unpaired) electrons. The van der Waals surface area contributed by atoms with Crippen molar-refractivity contribution in [3.63, 3.8) is 0 Å². The maximum Gasteiger partial charge on any atom is 0.323 e. The number of nitrogens with one attached hydrogen (secondary N) is 1. The molecule has 4 nitrogen and oxygen atoms in total. The highest BCUT2D eigenvalue weighted by molar-refractivity contribution is 7.99. The Labute approximate surface area is 131 Å². The molecule has 0 heterocycles. The molecule has 2 N–H and O–H groups in total. The predicted octanol–water partition coefficient (Wildman–Crippen LogP) is 3.41. The Hall–Kier alpha value is -1.20. The standard InChI is InChI=1S/C16H25NO3S/c1-5-10-17-16(3,15(18)19)11-12(2)21-14-8-6-13(20-4)7-9-14/h6-9,12,17H,5,10-11H2,1-4H3,(H,18,19). The molecule has 0 aliphatic carbocycles. The van der Waals surface area contributed by atoms with Gasteiger partial charge in [0.05, 0.1) is 7.11 Å². The molecule has 5 heteroatoms. The predicted molar refractivity (Wildman–Crippen MR) is 87.3 cm³/mol. The van der Waals surface area contributed by atoms with Crippen LogP contribution in [0, 0.1) is 0 Å². The zero-order valence-corrected chi connectivity index (χ0v) is 14.0. The molecule has 0 aromatic heterocycles. The van der Waals surface area contributed by atoms with Crippen LogP contribution in [0.25, 0.3) is 0 Å². The van der Waals surface area contributed by atoms with E-state index in [9.17, 15) is 9.90 Å². The van der Waals surface area contributed by atoms with Gasteiger partial charge in [-0.05, 0) is 50.6 Å². The van der Waals surface area contributed by atoms with E-state index in [0.717, 1.165) is 17.1 Å². The summed E-state index contributed by atoms with van der Waals surface area (Å²) >= 11 is 1.68. The lowest BCUT2D eigenvalue weighted by atomic mass is 9.96. The Bertz CT molecular complexity index is 449. The highest BCUT2D eigenvalue weighted by Crippen LogP contribution is 2.30. The molecular formula is C16H25NO3S. The van der Waals surface area contributed by atoms with Crippen LogP contribution in [0.1, 0.15) is 33.6 Å². The average molecular weight is 311 g/mol. The highest BCUT2D eigenvalue weighted by Gasteiger charge is 2.34. The second-order valence-electron chi connectivity index (χ2n) is 5.37. The Morgan fingerprint density at radius 2 is 2.05 bits per heavy atom. The molecule has 2 unspecified atom stereocenters. The molecule has 0 aliphatic heterocycles. The van der Waals surface area contributed by atoms with Crippen LogP contribution in [0.3, 0.4) is 0 Å². The molecule has 0 amide bonds. The number of thioether (sulfide) groups is 1. The van der Waals surface area contributed by atoms with E-state index in [2.05, 4.69) is 12.2 Å². The smallest absolute Gasteiger partial charge is 0.323 e. The van der Waals surface area contributed by atoms with Crippen molar-refractivity contribution in [1.29, 1.82) is 0 Å². The van der Waals surface area contributed by atoms with Crippen LogP contribution in [0.15, 0.2) is 29.2 Å². The van der Waals surface area contributed by atoms with Crippen LogP contribution >= 0.6 is 11.8 Å². The van der Waals surface area contributed by atoms with E-state index >= 15 is 0 Å². The summed E-state index contributed by atoms with van der Waals surface area (Å²) in [4.78, 5) is 12.6. The number of aliphatic carboxylic acids is 1. The number of hydrogen-bond donors (Lipinski definition) is 2. The molecule has 0 bridgehead atoms. The Balaban J connectivity index is 2.64. The molecule has 0 saturated heterocycles. The summed E-state index contributed by atoms with van der Waals surface area (Å²) < 4.78 is 5.13. The van der Waals surface area contributed by atoms with Crippen molar-refractivity contribution in [2.24, 2.45) is 0 Å². The lowest BCUT2D eigenvalue weighted by Gasteiger charge is -2.29. The fourth-order valence-corrected chi connectivity index (χ4v) is 3.31. The van der Waals surface area contributed by atoms with Crippen LogP contribution in [0.5, 0.6) is 5.75 Å². The molecule has 1 aromatic rings. The van der Waals surface area contributed by atoms with Crippen molar-refractivity contribution in [2.75, 3.05) is 13.7 Å². The topological polar surface area (TPSA) is 58.6 Å². The molecule has 0 fully saturated rings. The third-order valence-electron chi connectivity index (χ3n) is 3.33. The molecule has 1 aromatic carbocycles. The number of ether oxygens (including phenoxy) is 1. The van der Waals surface area contributed by atoms with Crippen LogP contribution in [0.4, 0.5) is 0 Å². The van der Waals surface area contributed by atoms with Crippen LogP contribution in [-0.2, 0) is 4.79 Å². The monoisotopic (exact) mass is 311 g/mol. The van der Waals surface area contributed by atoms with Crippen LogP contribution < -0.4 is 10.1 Å². The van der Waals surface area contributed by atoms with E-state index in [-0.39, 0.29) is 5.25 Å². The van der Waals surface area contributed by atoms with Gasteiger partial charge >= 0.3 is 5.97 Å². The van der Waals surface area contributed by atoms with Gasteiger partial charge < -0.3 is 15.2 Å². The summed E-state index contributed by atoms with van der Waals surface area (Å²) in [6.45, 7) is 6.56. The van der Waals surface area contributed by atoms with Gasteiger partial charge in [-0.1, -0.05) is 13.8 Å². The van der Waals surface area contributed by atoms with Gasteiger partial charge in [0, 0.05) is 10.1 Å². The first-order chi connectivity index (χ1) is 9.91. The minimum Gasteiger partial charge on any atom is -0.497 e. The number of benzene rings is 1. The fraction of sp³-hybridized carbons (Fsp3) is 0.562. The van der Waals surface area contributed by atoms with Crippen molar-refractivity contribution in [1.82, 2.24) is 5.32 Å². The van der Waals surface area contributed by atoms with E-state index in [1.54, 1.807) is 25.8 Å². The molecule has 2 atom stereocenters. The number of rotatable bonds is 9. The summed E-state index contributed by atoms with van der Waals surface area (Å²) in [5, 5.41) is 12.8. The van der Waals surface area contributed by atoms with Crippen molar-refractivity contribution in [3.05, 3.63) is 24.3 Å². The Morgan fingerprint density at radius 1 is 1.43 bits per heavy atom. The van der Waals surface area contributed by atoms with Gasteiger partial charge in [-0.15, -0.1) is 11.8 Å². The van der Waals surface area contributed by atoms with E-state index in [0.29, 0.717) is 13.0 Å². The second kappa shape index (κ2) is 8.29. The van der Waals surface area contributed by atoms with Crippen LogP contribution in [-0.4, -0.2) is 35.5 Å². The number of carbonyl (C=O) groups is 1. The minimum absolute atomic E-state index is 0.198. The zero-order valence-electron chi connectivity index (χ0n) is 13.2. The van der Waals surface area contributed by atoms with Gasteiger partial charge in [-0.2, -0.15) is 0 Å². The second-order valence-corrected chi connectivity index (χ2v) is 6.88. The third kappa shape index (κ3) is 5.59. The van der Waals surface area contributed by atoms with Crippen LogP contribution in [0.2, 0.25) is 0 Å². The lowest BCUT2D eigenvalue weighted by molar-refractivity contribution is -0.144. The molecule has 0 aliphatic rings. The van der Waals surface area contributed by atoms with E-state index in [1.165, 1.54) is 0 Å². The number of hydrogen-bond acceptors (Lipinski definition) is 4. The Morgan fingerprint density at radius 3 is 2.52 bits per heavy atom. The van der Waals surface area contributed by atoms with E-state index < -0.39 is 11.5 Å². The maximum absolute atomic E-state index is 11.5. The van der Waals surface area contributed by atoms with Gasteiger partial charge in [0.2, 0.25) is 0 Å². The number of methoxy groups -OCH3 is 1. The minimum atomic E-state index is -0.880.